The summed E-state index contributed by atoms with van der Waals surface area (Å²) in [5.74, 6) is 1.14. The molecule has 3 rings (SSSR count). The third-order valence-corrected chi connectivity index (χ3v) is 4.67. The summed E-state index contributed by atoms with van der Waals surface area (Å²) in [5.41, 5.74) is 1.60. The summed E-state index contributed by atoms with van der Waals surface area (Å²) in [6.07, 6.45) is 0.242. The molecule has 1 fully saturated rings. The molecule has 5 nitrogen and oxygen atoms in total. The van der Waals surface area contributed by atoms with Crippen molar-refractivity contribution in [1.29, 1.82) is 0 Å². The molecule has 1 aromatic carbocycles. The third-order valence-electron chi connectivity index (χ3n) is 4.67. The molecule has 2 aromatic rings. The maximum Gasteiger partial charge on any atom is 0.230 e. The summed E-state index contributed by atoms with van der Waals surface area (Å²) >= 11 is 0. The Kier molecular flexibility index (Phi) is 5.03. The Hall–Kier alpha value is -2.37. The molecular formula is C20H26FN3O2. The van der Waals surface area contributed by atoms with Gasteiger partial charge in [0.15, 0.2) is 5.89 Å². The van der Waals surface area contributed by atoms with E-state index in [4.69, 9.17) is 4.42 Å². The number of halogens is 1. The van der Waals surface area contributed by atoms with Crippen LogP contribution in [-0.2, 0) is 16.6 Å². The summed E-state index contributed by atoms with van der Waals surface area (Å²) in [6, 6.07) is 6.48. The van der Waals surface area contributed by atoms with Crippen molar-refractivity contribution in [2.24, 2.45) is 0 Å². The summed E-state index contributed by atoms with van der Waals surface area (Å²) in [5, 5.41) is 0. The topological polar surface area (TPSA) is 49.6 Å². The molecule has 1 aromatic heterocycles. The Morgan fingerprint density at radius 1 is 1.15 bits per heavy atom. The van der Waals surface area contributed by atoms with Gasteiger partial charge in [-0.1, -0.05) is 20.8 Å². The van der Waals surface area contributed by atoms with Gasteiger partial charge in [-0.2, -0.15) is 0 Å². The van der Waals surface area contributed by atoms with Crippen molar-refractivity contribution in [1.82, 2.24) is 9.88 Å². The lowest BCUT2D eigenvalue weighted by Gasteiger charge is -2.36. The van der Waals surface area contributed by atoms with E-state index in [9.17, 15) is 9.18 Å². The van der Waals surface area contributed by atoms with E-state index in [1.165, 1.54) is 12.1 Å². The maximum atomic E-state index is 13.1. The molecule has 0 radical (unpaired) electrons. The highest BCUT2D eigenvalue weighted by Crippen LogP contribution is 2.24. The highest BCUT2D eigenvalue weighted by Gasteiger charge is 2.26. The van der Waals surface area contributed by atoms with Gasteiger partial charge in [-0.05, 0) is 31.2 Å². The largest absolute Gasteiger partial charge is 0.444 e. The van der Waals surface area contributed by atoms with Gasteiger partial charge >= 0.3 is 0 Å². The second kappa shape index (κ2) is 7.09. The van der Waals surface area contributed by atoms with Gasteiger partial charge in [-0.25, -0.2) is 9.37 Å². The summed E-state index contributed by atoms with van der Waals surface area (Å²) in [7, 11) is 0. The van der Waals surface area contributed by atoms with Crippen LogP contribution in [0.5, 0.6) is 0 Å². The number of piperazine rings is 1. The number of rotatable bonds is 3. The first kappa shape index (κ1) is 18.4. The van der Waals surface area contributed by atoms with Crippen molar-refractivity contribution in [3.63, 3.8) is 0 Å². The fourth-order valence-electron chi connectivity index (χ4n) is 3.03. The number of aromatic nitrogens is 1. The zero-order valence-corrected chi connectivity index (χ0v) is 15.9. The molecule has 0 atom stereocenters. The van der Waals surface area contributed by atoms with E-state index in [0.29, 0.717) is 24.7 Å². The summed E-state index contributed by atoms with van der Waals surface area (Å²) in [4.78, 5) is 21.1. The van der Waals surface area contributed by atoms with Crippen LogP contribution >= 0.6 is 0 Å². The van der Waals surface area contributed by atoms with E-state index >= 15 is 0 Å². The SMILES string of the molecule is Cc1nc(C(C)(C)C)oc1CC(=O)N1CCN(c2ccc(F)cc2)CC1. The first-order chi connectivity index (χ1) is 12.2. The van der Waals surface area contributed by atoms with Gasteiger partial charge in [-0.3, -0.25) is 4.79 Å². The van der Waals surface area contributed by atoms with Gasteiger partial charge in [-0.15, -0.1) is 0 Å². The van der Waals surface area contributed by atoms with Crippen LogP contribution in [0.4, 0.5) is 10.1 Å². The molecule has 0 N–H and O–H groups in total. The van der Waals surface area contributed by atoms with E-state index in [2.05, 4.69) is 9.88 Å². The molecule has 0 aliphatic carbocycles. The zero-order chi connectivity index (χ0) is 18.9. The molecule has 1 aliphatic heterocycles. The molecule has 0 saturated carbocycles. The predicted octanol–water partition coefficient (Wildman–Crippen LogP) is 3.31. The predicted molar refractivity (Wildman–Crippen MR) is 98.8 cm³/mol. The minimum Gasteiger partial charge on any atom is -0.444 e. The van der Waals surface area contributed by atoms with Crippen LogP contribution in [0.15, 0.2) is 28.7 Å². The minimum atomic E-state index is -0.236. The van der Waals surface area contributed by atoms with E-state index in [1.54, 1.807) is 12.1 Å². The van der Waals surface area contributed by atoms with Gasteiger partial charge in [0.25, 0.3) is 0 Å². The number of nitrogens with zero attached hydrogens (tertiary/aromatic N) is 3. The van der Waals surface area contributed by atoms with Gasteiger partial charge in [0.05, 0.1) is 12.1 Å². The Balaban J connectivity index is 1.59. The monoisotopic (exact) mass is 359 g/mol. The molecular weight excluding hydrogens is 333 g/mol. The van der Waals surface area contributed by atoms with Crippen molar-refractivity contribution >= 4 is 11.6 Å². The van der Waals surface area contributed by atoms with Crippen LogP contribution in [0.3, 0.4) is 0 Å². The minimum absolute atomic E-state index is 0.0588. The van der Waals surface area contributed by atoms with E-state index in [1.807, 2.05) is 32.6 Å². The Bertz CT molecular complexity index is 769. The molecule has 1 saturated heterocycles. The second-order valence-corrected chi connectivity index (χ2v) is 7.80. The molecule has 0 unspecified atom stereocenters. The van der Waals surface area contributed by atoms with Gasteiger partial charge in [0, 0.05) is 37.3 Å². The highest BCUT2D eigenvalue weighted by atomic mass is 19.1. The molecule has 1 aliphatic rings. The van der Waals surface area contributed by atoms with Crippen molar-refractivity contribution in [2.75, 3.05) is 31.1 Å². The molecule has 0 bridgehead atoms. The number of benzene rings is 1. The van der Waals surface area contributed by atoms with Crippen LogP contribution in [0.1, 0.15) is 38.1 Å². The Labute approximate surface area is 153 Å². The third kappa shape index (κ3) is 4.06. The first-order valence-electron chi connectivity index (χ1n) is 8.99. The standard InChI is InChI=1S/C20H26FN3O2/c1-14-17(26-19(22-14)20(2,3)4)13-18(25)24-11-9-23(10-12-24)16-7-5-15(21)6-8-16/h5-8H,9-13H2,1-4H3. The van der Waals surface area contributed by atoms with Gasteiger partial charge in [0.2, 0.25) is 5.91 Å². The molecule has 6 heteroatoms. The molecule has 1 amide bonds. The summed E-state index contributed by atoms with van der Waals surface area (Å²) in [6.45, 7) is 10.8. The number of amides is 1. The lowest BCUT2D eigenvalue weighted by Crippen LogP contribution is -2.49. The number of carbonyl (C=O) groups is 1. The van der Waals surface area contributed by atoms with Crippen molar-refractivity contribution < 1.29 is 13.6 Å². The number of aryl methyl sites for hydroxylation is 1. The van der Waals surface area contributed by atoms with E-state index in [0.717, 1.165) is 24.5 Å². The summed E-state index contributed by atoms with van der Waals surface area (Å²) < 4.78 is 18.9. The zero-order valence-electron chi connectivity index (χ0n) is 15.9. The number of hydrogen-bond donors (Lipinski definition) is 0. The van der Waals surface area contributed by atoms with E-state index in [-0.39, 0.29) is 23.6 Å². The number of oxazole rings is 1. The Morgan fingerprint density at radius 3 is 2.31 bits per heavy atom. The van der Waals surface area contributed by atoms with Gasteiger partial charge < -0.3 is 14.2 Å². The molecule has 0 spiro atoms. The smallest absolute Gasteiger partial charge is 0.230 e. The van der Waals surface area contributed by atoms with Crippen LogP contribution in [0, 0.1) is 12.7 Å². The fourth-order valence-corrected chi connectivity index (χ4v) is 3.03. The maximum absolute atomic E-state index is 13.1. The van der Waals surface area contributed by atoms with Crippen molar-refractivity contribution in [3.05, 3.63) is 47.4 Å². The quantitative estimate of drug-likeness (QED) is 0.844. The van der Waals surface area contributed by atoms with Crippen LogP contribution in [-0.4, -0.2) is 42.0 Å². The van der Waals surface area contributed by atoms with Crippen LogP contribution in [0.2, 0.25) is 0 Å². The number of hydrogen-bond acceptors (Lipinski definition) is 4. The van der Waals surface area contributed by atoms with Crippen LogP contribution < -0.4 is 4.90 Å². The van der Waals surface area contributed by atoms with Crippen molar-refractivity contribution in [2.45, 2.75) is 39.5 Å². The number of anilines is 1. The highest BCUT2D eigenvalue weighted by molar-refractivity contribution is 5.78. The van der Waals surface area contributed by atoms with Crippen molar-refractivity contribution in [3.8, 4) is 0 Å². The fraction of sp³-hybridized carbons (Fsp3) is 0.500. The molecule has 26 heavy (non-hydrogen) atoms. The average Bonchev–Trinajstić information content (AvgIpc) is 2.97. The van der Waals surface area contributed by atoms with Gasteiger partial charge in [0.1, 0.15) is 11.6 Å². The molecule has 2 heterocycles. The lowest BCUT2D eigenvalue weighted by atomic mass is 9.97. The van der Waals surface area contributed by atoms with E-state index < -0.39 is 0 Å². The average molecular weight is 359 g/mol. The number of carbonyl (C=O) groups excluding carboxylic acids is 1. The molecule has 140 valence electrons. The normalized spacial score (nSPS) is 15.4. The van der Waals surface area contributed by atoms with Crippen LogP contribution in [0.25, 0.3) is 0 Å². The lowest BCUT2D eigenvalue weighted by molar-refractivity contribution is -0.131. The Morgan fingerprint density at radius 2 is 1.77 bits per heavy atom. The first-order valence-corrected chi connectivity index (χ1v) is 8.99. The second-order valence-electron chi connectivity index (χ2n) is 7.80.